The molecular weight excluding hydrogens is 442 g/mol. The zero-order valence-electron chi connectivity index (χ0n) is 18.4. The predicted molar refractivity (Wildman–Crippen MR) is 124 cm³/mol. The minimum Gasteiger partial charge on any atom is -0.336 e. The number of nitrogens with one attached hydrogen (secondary N) is 2. The molecule has 1 aromatic heterocycles. The second-order valence-corrected chi connectivity index (χ2v) is 10.1. The minimum atomic E-state index is -3.27. The number of sulfone groups is 1. The standard InChI is InChI=1S/C22H27N7O3S/c1-33(31,32)20-12-10-18(11-13-20)29-21(25-26-27-29)16-28-14-6-5-9-19(28)15-23-22(30)24-17-7-3-2-4-8-17/h2-4,7-8,10-13,19H,5-6,9,14-16H2,1H3,(H2,23,24,30). The molecule has 2 amide bonds. The highest BCUT2D eigenvalue weighted by Crippen LogP contribution is 2.20. The van der Waals surface area contributed by atoms with Crippen LogP contribution in [0.4, 0.5) is 10.5 Å². The van der Waals surface area contributed by atoms with Crippen LogP contribution < -0.4 is 10.6 Å². The maximum Gasteiger partial charge on any atom is 0.319 e. The van der Waals surface area contributed by atoms with E-state index in [9.17, 15) is 13.2 Å². The van der Waals surface area contributed by atoms with Gasteiger partial charge in [0.25, 0.3) is 0 Å². The number of anilines is 1. The number of nitrogens with zero attached hydrogens (tertiary/aromatic N) is 5. The molecule has 1 fully saturated rings. The van der Waals surface area contributed by atoms with E-state index >= 15 is 0 Å². The van der Waals surface area contributed by atoms with Crippen LogP contribution >= 0.6 is 0 Å². The second kappa shape index (κ2) is 10.1. The van der Waals surface area contributed by atoms with Crippen LogP contribution in [0, 0.1) is 0 Å². The van der Waals surface area contributed by atoms with E-state index in [1.807, 2.05) is 30.3 Å². The number of para-hydroxylation sites is 1. The van der Waals surface area contributed by atoms with Crippen LogP contribution in [0.5, 0.6) is 0 Å². The molecule has 0 radical (unpaired) electrons. The first-order valence-electron chi connectivity index (χ1n) is 10.8. The fourth-order valence-corrected chi connectivity index (χ4v) is 4.56. The van der Waals surface area contributed by atoms with Gasteiger partial charge in [-0.1, -0.05) is 24.6 Å². The summed E-state index contributed by atoms with van der Waals surface area (Å²) in [6.07, 6.45) is 4.31. The Hall–Kier alpha value is -3.31. The van der Waals surface area contributed by atoms with Crippen LogP contribution in [0.1, 0.15) is 25.1 Å². The molecule has 2 aromatic carbocycles. The molecule has 3 aromatic rings. The van der Waals surface area contributed by atoms with Crippen molar-refractivity contribution in [2.45, 2.75) is 36.7 Å². The maximum absolute atomic E-state index is 12.3. The van der Waals surface area contributed by atoms with E-state index in [1.54, 1.807) is 28.9 Å². The lowest BCUT2D eigenvalue weighted by atomic mass is 10.0. The quantitative estimate of drug-likeness (QED) is 0.544. The Morgan fingerprint density at radius 3 is 2.58 bits per heavy atom. The summed E-state index contributed by atoms with van der Waals surface area (Å²) >= 11 is 0. The monoisotopic (exact) mass is 469 g/mol. The topological polar surface area (TPSA) is 122 Å². The van der Waals surface area contributed by atoms with Gasteiger partial charge in [-0.15, -0.1) is 5.10 Å². The Morgan fingerprint density at radius 1 is 1.09 bits per heavy atom. The van der Waals surface area contributed by atoms with Crippen molar-refractivity contribution < 1.29 is 13.2 Å². The Kier molecular flexibility index (Phi) is 6.99. The van der Waals surface area contributed by atoms with Crippen molar-refractivity contribution >= 4 is 21.6 Å². The molecule has 0 saturated carbocycles. The van der Waals surface area contributed by atoms with Gasteiger partial charge in [-0.25, -0.2) is 13.2 Å². The van der Waals surface area contributed by atoms with Crippen molar-refractivity contribution in [1.82, 2.24) is 30.4 Å². The number of amides is 2. The first-order valence-corrected chi connectivity index (χ1v) is 12.7. The van der Waals surface area contributed by atoms with Gasteiger partial charge >= 0.3 is 6.03 Å². The van der Waals surface area contributed by atoms with Gasteiger partial charge in [0.15, 0.2) is 15.7 Å². The molecule has 0 spiro atoms. The van der Waals surface area contributed by atoms with Crippen molar-refractivity contribution in [3.8, 4) is 5.69 Å². The number of piperidine rings is 1. The van der Waals surface area contributed by atoms with E-state index in [2.05, 4.69) is 31.1 Å². The lowest BCUT2D eigenvalue weighted by Gasteiger charge is -2.35. The molecule has 2 heterocycles. The minimum absolute atomic E-state index is 0.165. The van der Waals surface area contributed by atoms with Crippen LogP contribution in [0.25, 0.3) is 5.69 Å². The molecule has 0 bridgehead atoms. The highest BCUT2D eigenvalue weighted by atomic mass is 32.2. The van der Waals surface area contributed by atoms with Crippen molar-refractivity contribution in [2.75, 3.05) is 24.7 Å². The van der Waals surface area contributed by atoms with Gasteiger partial charge in [-0.05, 0) is 66.2 Å². The molecule has 10 nitrogen and oxygen atoms in total. The highest BCUT2D eigenvalue weighted by Gasteiger charge is 2.25. The summed E-state index contributed by atoms with van der Waals surface area (Å²) in [6.45, 7) is 1.92. The average molecular weight is 470 g/mol. The predicted octanol–water partition coefficient (Wildman–Crippen LogP) is 2.24. The smallest absolute Gasteiger partial charge is 0.319 e. The number of carbonyl (C=O) groups is 1. The Balaban J connectivity index is 1.40. The molecule has 174 valence electrons. The fourth-order valence-electron chi connectivity index (χ4n) is 3.93. The number of hydrogen-bond acceptors (Lipinski definition) is 7. The van der Waals surface area contributed by atoms with Crippen LogP contribution in [0.15, 0.2) is 59.5 Å². The van der Waals surface area contributed by atoms with Crippen LogP contribution in [-0.2, 0) is 16.4 Å². The molecule has 11 heteroatoms. The number of rotatable bonds is 7. The zero-order chi connectivity index (χ0) is 23.3. The zero-order valence-corrected chi connectivity index (χ0v) is 19.2. The first-order chi connectivity index (χ1) is 15.9. The Morgan fingerprint density at radius 2 is 1.85 bits per heavy atom. The van der Waals surface area contributed by atoms with Crippen molar-refractivity contribution in [3.05, 3.63) is 60.4 Å². The Bertz CT molecular complexity index is 1180. The fraction of sp³-hybridized carbons (Fsp3) is 0.364. The van der Waals surface area contributed by atoms with E-state index in [1.165, 1.54) is 6.26 Å². The summed E-state index contributed by atoms with van der Waals surface area (Å²) in [5.74, 6) is 0.655. The second-order valence-electron chi connectivity index (χ2n) is 8.09. The summed E-state index contributed by atoms with van der Waals surface area (Å²) < 4.78 is 25.1. The lowest BCUT2D eigenvalue weighted by molar-refractivity contribution is 0.134. The Labute approximate surface area is 192 Å². The molecule has 1 saturated heterocycles. The van der Waals surface area contributed by atoms with E-state index < -0.39 is 9.84 Å². The molecule has 1 unspecified atom stereocenters. The number of urea groups is 1. The van der Waals surface area contributed by atoms with Crippen LogP contribution in [-0.4, -0.2) is 64.9 Å². The normalized spacial score (nSPS) is 16.9. The number of tetrazole rings is 1. The van der Waals surface area contributed by atoms with Crippen molar-refractivity contribution in [3.63, 3.8) is 0 Å². The average Bonchev–Trinajstić information content (AvgIpc) is 3.27. The number of carbonyl (C=O) groups excluding carboxylic acids is 1. The van der Waals surface area contributed by atoms with Crippen LogP contribution in [0.2, 0.25) is 0 Å². The summed E-state index contributed by atoms with van der Waals surface area (Å²) in [5.41, 5.74) is 1.44. The van der Waals surface area contributed by atoms with Gasteiger partial charge in [0, 0.05) is 24.5 Å². The number of hydrogen-bond donors (Lipinski definition) is 2. The molecule has 33 heavy (non-hydrogen) atoms. The van der Waals surface area contributed by atoms with Crippen LogP contribution in [0.3, 0.4) is 0 Å². The molecular formula is C22H27N7O3S. The van der Waals surface area contributed by atoms with E-state index in [4.69, 9.17) is 0 Å². The van der Waals surface area contributed by atoms with Gasteiger partial charge < -0.3 is 10.6 Å². The summed E-state index contributed by atoms with van der Waals surface area (Å²) in [6, 6.07) is 15.7. The van der Waals surface area contributed by atoms with Gasteiger partial charge in [0.2, 0.25) is 0 Å². The van der Waals surface area contributed by atoms with Crippen molar-refractivity contribution in [1.29, 1.82) is 0 Å². The van der Waals surface area contributed by atoms with Gasteiger partial charge in [-0.2, -0.15) is 4.68 Å². The molecule has 1 aliphatic rings. The molecule has 1 atom stereocenters. The molecule has 2 N–H and O–H groups in total. The lowest BCUT2D eigenvalue weighted by Crippen LogP contribution is -2.47. The third-order valence-electron chi connectivity index (χ3n) is 5.67. The molecule has 1 aliphatic heterocycles. The number of benzene rings is 2. The maximum atomic E-state index is 12.3. The highest BCUT2D eigenvalue weighted by molar-refractivity contribution is 7.90. The number of aromatic nitrogens is 4. The van der Waals surface area contributed by atoms with Crippen molar-refractivity contribution in [2.24, 2.45) is 0 Å². The summed E-state index contributed by atoms with van der Waals surface area (Å²) in [4.78, 5) is 14.8. The SMILES string of the molecule is CS(=O)(=O)c1ccc(-n2nnnc2CN2CCCCC2CNC(=O)Nc2ccccc2)cc1. The largest absolute Gasteiger partial charge is 0.336 e. The summed E-state index contributed by atoms with van der Waals surface area (Å²) in [5, 5.41) is 17.9. The third kappa shape index (κ3) is 5.93. The number of likely N-dealkylation sites (tertiary alicyclic amines) is 1. The summed E-state index contributed by atoms with van der Waals surface area (Å²) in [7, 11) is -3.27. The van der Waals surface area contributed by atoms with Gasteiger partial charge in [0.1, 0.15) is 0 Å². The first kappa shape index (κ1) is 22.9. The third-order valence-corrected chi connectivity index (χ3v) is 6.80. The molecule has 4 rings (SSSR count). The van der Waals surface area contributed by atoms with E-state index in [0.717, 1.165) is 31.5 Å². The van der Waals surface area contributed by atoms with Gasteiger partial charge in [0.05, 0.1) is 17.1 Å². The molecule has 0 aliphatic carbocycles. The van der Waals surface area contributed by atoms with E-state index in [0.29, 0.717) is 24.6 Å². The van der Waals surface area contributed by atoms with E-state index in [-0.39, 0.29) is 17.0 Å². The van der Waals surface area contributed by atoms with Gasteiger partial charge in [-0.3, -0.25) is 4.90 Å².